The summed E-state index contributed by atoms with van der Waals surface area (Å²) in [6, 6.07) is 0. The van der Waals surface area contributed by atoms with Crippen molar-refractivity contribution in [3.63, 3.8) is 0 Å². The standard InChI is InChI=1S/C29H49N3O21/c1-2-46-26-20(42)16(38)14(36)10(48-26)4-32-3-9(30-31-32)8-47-27-22(44)18(40)24(12(6-34)50-27)53-29-23(45)19(41)25(13(7-35)51-29)52-28-21(43)17(39)15(37)11(5-33)49-28/h3,10-29,33-45H,2,4-8H2,1H3/t10-,11?,12?,13?,14-,15+,16+,17-,18+,19+,20+,21?,22?,23?,24+,25+,26+,27+,28+,29+/m0/s1. The summed E-state index contributed by atoms with van der Waals surface area (Å²) >= 11 is 0. The fourth-order valence-electron chi connectivity index (χ4n) is 6.40. The average Bonchev–Trinajstić information content (AvgIpc) is 3.60. The van der Waals surface area contributed by atoms with E-state index in [-0.39, 0.29) is 25.5 Å². The summed E-state index contributed by atoms with van der Waals surface area (Å²) in [5.41, 5.74) is 0.185. The number of aliphatic hydroxyl groups is 13. The van der Waals surface area contributed by atoms with Gasteiger partial charge in [0.25, 0.3) is 0 Å². The Labute approximate surface area is 300 Å². The van der Waals surface area contributed by atoms with Crippen molar-refractivity contribution in [3.8, 4) is 0 Å². The predicted molar refractivity (Wildman–Crippen MR) is 162 cm³/mol. The van der Waals surface area contributed by atoms with E-state index in [4.69, 9.17) is 37.9 Å². The highest BCUT2D eigenvalue weighted by molar-refractivity contribution is 4.98. The van der Waals surface area contributed by atoms with Crippen LogP contribution in [0.2, 0.25) is 0 Å². The topological polar surface area (TPSA) is 368 Å². The third-order valence-electron chi connectivity index (χ3n) is 9.42. The van der Waals surface area contributed by atoms with Crippen LogP contribution in [0.5, 0.6) is 0 Å². The molecular formula is C29H49N3O21. The number of rotatable bonds is 14. The minimum Gasteiger partial charge on any atom is -0.394 e. The van der Waals surface area contributed by atoms with Gasteiger partial charge in [-0.25, -0.2) is 4.68 Å². The Morgan fingerprint density at radius 2 is 0.981 bits per heavy atom. The van der Waals surface area contributed by atoms with E-state index >= 15 is 0 Å². The van der Waals surface area contributed by atoms with E-state index in [1.165, 1.54) is 10.9 Å². The van der Waals surface area contributed by atoms with Gasteiger partial charge < -0.3 is 104 Å². The van der Waals surface area contributed by atoms with Gasteiger partial charge in [0.15, 0.2) is 25.2 Å². The van der Waals surface area contributed by atoms with Gasteiger partial charge in [0.2, 0.25) is 0 Å². The minimum atomic E-state index is -1.98. The first-order valence-electron chi connectivity index (χ1n) is 16.9. The number of hydrogen-bond donors (Lipinski definition) is 13. The van der Waals surface area contributed by atoms with Crippen molar-refractivity contribution in [1.29, 1.82) is 0 Å². The number of nitrogens with zero attached hydrogens (tertiary/aromatic N) is 3. The second-order valence-corrected chi connectivity index (χ2v) is 13.0. The molecule has 0 radical (unpaired) electrons. The molecule has 13 N–H and O–H groups in total. The van der Waals surface area contributed by atoms with E-state index < -0.39 is 143 Å². The Bertz CT molecular complexity index is 1260. The van der Waals surface area contributed by atoms with Crippen molar-refractivity contribution in [1.82, 2.24) is 15.0 Å². The van der Waals surface area contributed by atoms with Crippen molar-refractivity contribution in [2.75, 3.05) is 26.4 Å². The van der Waals surface area contributed by atoms with Gasteiger partial charge in [-0.15, -0.1) is 5.10 Å². The van der Waals surface area contributed by atoms with Crippen molar-refractivity contribution < 1.29 is 104 Å². The van der Waals surface area contributed by atoms with Crippen LogP contribution in [-0.4, -0.2) is 231 Å². The quantitative estimate of drug-likeness (QED) is 0.0834. The van der Waals surface area contributed by atoms with E-state index in [9.17, 15) is 66.4 Å². The monoisotopic (exact) mass is 775 g/mol. The molecule has 24 heteroatoms. The smallest absolute Gasteiger partial charge is 0.187 e. The first-order valence-corrected chi connectivity index (χ1v) is 16.9. The Morgan fingerprint density at radius 1 is 0.547 bits per heavy atom. The number of ether oxygens (including phenoxy) is 8. The second kappa shape index (κ2) is 18.5. The lowest BCUT2D eigenvalue weighted by molar-refractivity contribution is -0.379. The van der Waals surface area contributed by atoms with Gasteiger partial charge in [0.05, 0.1) is 39.2 Å². The molecule has 24 nitrogen and oxygen atoms in total. The molecule has 306 valence electrons. The Balaban J connectivity index is 1.16. The highest BCUT2D eigenvalue weighted by atomic mass is 16.8. The molecule has 4 saturated heterocycles. The van der Waals surface area contributed by atoms with E-state index in [1.54, 1.807) is 6.92 Å². The molecule has 6 unspecified atom stereocenters. The molecule has 5 rings (SSSR count). The molecule has 0 amide bonds. The number of aromatic nitrogens is 3. The van der Waals surface area contributed by atoms with Crippen LogP contribution in [0.15, 0.2) is 6.20 Å². The van der Waals surface area contributed by atoms with E-state index in [1.807, 2.05) is 0 Å². The molecular weight excluding hydrogens is 726 g/mol. The maximum Gasteiger partial charge on any atom is 0.187 e. The molecule has 0 spiro atoms. The summed E-state index contributed by atoms with van der Waals surface area (Å²) in [7, 11) is 0. The van der Waals surface area contributed by atoms with Gasteiger partial charge >= 0.3 is 0 Å². The molecule has 0 bridgehead atoms. The summed E-state index contributed by atoms with van der Waals surface area (Å²) in [5.74, 6) is 0. The molecule has 4 aliphatic heterocycles. The highest BCUT2D eigenvalue weighted by Gasteiger charge is 2.53. The molecule has 1 aromatic heterocycles. The van der Waals surface area contributed by atoms with Gasteiger partial charge in [-0.05, 0) is 6.92 Å². The van der Waals surface area contributed by atoms with Gasteiger partial charge in [-0.1, -0.05) is 5.21 Å². The van der Waals surface area contributed by atoms with E-state index in [0.29, 0.717) is 0 Å². The van der Waals surface area contributed by atoms with E-state index in [2.05, 4.69) is 10.3 Å². The first kappa shape index (κ1) is 42.4. The van der Waals surface area contributed by atoms with Crippen molar-refractivity contribution in [3.05, 3.63) is 11.9 Å². The summed E-state index contributed by atoms with van der Waals surface area (Å²) in [6.45, 7) is -1.08. The van der Waals surface area contributed by atoms with Crippen LogP contribution in [0, 0.1) is 0 Å². The lowest BCUT2D eigenvalue weighted by Crippen LogP contribution is -2.66. The van der Waals surface area contributed by atoms with Crippen molar-refractivity contribution >= 4 is 0 Å². The van der Waals surface area contributed by atoms with Crippen molar-refractivity contribution in [2.24, 2.45) is 0 Å². The van der Waals surface area contributed by atoms with E-state index in [0.717, 1.165) is 0 Å². The summed E-state index contributed by atoms with van der Waals surface area (Å²) < 4.78 is 45.3. The predicted octanol–water partition coefficient (Wildman–Crippen LogP) is -8.91. The third kappa shape index (κ3) is 9.14. The fraction of sp³-hybridized carbons (Fsp3) is 0.931. The zero-order valence-electron chi connectivity index (χ0n) is 28.3. The second-order valence-electron chi connectivity index (χ2n) is 13.0. The minimum absolute atomic E-state index is 0.115. The van der Waals surface area contributed by atoms with Crippen LogP contribution in [0.3, 0.4) is 0 Å². The van der Waals surface area contributed by atoms with Crippen LogP contribution >= 0.6 is 0 Å². The van der Waals surface area contributed by atoms with Crippen LogP contribution < -0.4 is 0 Å². The number of aliphatic hydroxyl groups excluding tert-OH is 13. The zero-order valence-corrected chi connectivity index (χ0v) is 28.3. The molecule has 5 heterocycles. The Morgan fingerprint density at radius 3 is 1.53 bits per heavy atom. The molecule has 1 aromatic rings. The lowest BCUT2D eigenvalue weighted by Gasteiger charge is -2.48. The largest absolute Gasteiger partial charge is 0.394 e. The van der Waals surface area contributed by atoms with Gasteiger partial charge in [-0.3, -0.25) is 0 Å². The van der Waals surface area contributed by atoms with Crippen LogP contribution in [0.25, 0.3) is 0 Å². The molecule has 4 fully saturated rings. The van der Waals surface area contributed by atoms with Gasteiger partial charge in [-0.2, -0.15) is 0 Å². The Hall–Kier alpha value is -1.70. The maximum absolute atomic E-state index is 11.0. The average molecular weight is 776 g/mol. The van der Waals surface area contributed by atoms with Gasteiger partial charge in [0, 0.05) is 6.61 Å². The number of hydrogen-bond acceptors (Lipinski definition) is 23. The van der Waals surface area contributed by atoms with Crippen LogP contribution in [-0.2, 0) is 51.0 Å². The molecule has 53 heavy (non-hydrogen) atoms. The summed E-state index contributed by atoms with van der Waals surface area (Å²) in [5, 5.41) is 142. The van der Waals surface area contributed by atoms with Crippen LogP contribution in [0.4, 0.5) is 0 Å². The first-order chi connectivity index (χ1) is 25.2. The zero-order chi connectivity index (χ0) is 38.7. The lowest BCUT2D eigenvalue weighted by atomic mass is 9.96. The normalized spacial score (nSPS) is 46.8. The molecule has 0 aromatic carbocycles. The maximum atomic E-state index is 11.0. The fourth-order valence-corrected chi connectivity index (χ4v) is 6.40. The molecule has 0 saturated carbocycles. The SMILES string of the molecule is CCO[C@@H]1O[C@@H](Cn2cc(CO[C@@H]3OC(CO)[C@@H](O[C@H]4OC(CO)[C@@H](O[C@H]5OC(CO)[C@@H](O)[C@H](O)C5O)[C@H](O)C4O)[C@H](O)C3O)nn2)[C@H](O)[C@@H](O)[C@H]1O. The van der Waals surface area contributed by atoms with Crippen molar-refractivity contribution in [2.45, 2.75) is 143 Å². The summed E-state index contributed by atoms with van der Waals surface area (Å²) in [4.78, 5) is 0. The van der Waals surface area contributed by atoms with Crippen LogP contribution in [0.1, 0.15) is 12.6 Å². The Kier molecular flexibility index (Phi) is 14.8. The molecule has 4 aliphatic rings. The third-order valence-corrected chi connectivity index (χ3v) is 9.42. The molecule has 20 atom stereocenters. The highest BCUT2D eigenvalue weighted by Crippen LogP contribution is 2.33. The van der Waals surface area contributed by atoms with Gasteiger partial charge in [0.1, 0.15) is 103 Å². The summed E-state index contributed by atoms with van der Waals surface area (Å²) in [6.07, 6.45) is -31.0. The molecule has 0 aliphatic carbocycles.